The second-order valence-electron chi connectivity index (χ2n) is 4.39. The highest BCUT2D eigenvalue weighted by Crippen LogP contribution is 2.37. The second kappa shape index (κ2) is 5.51. The summed E-state index contributed by atoms with van der Waals surface area (Å²) in [4.78, 5) is 7.12. The third-order valence-electron chi connectivity index (χ3n) is 2.81. The van der Waals surface area contributed by atoms with E-state index in [-0.39, 0.29) is 0 Å². The van der Waals surface area contributed by atoms with E-state index in [0.29, 0.717) is 5.82 Å². The van der Waals surface area contributed by atoms with Gasteiger partial charge in [0.2, 0.25) is 0 Å². The van der Waals surface area contributed by atoms with Gasteiger partial charge >= 0.3 is 0 Å². The summed E-state index contributed by atoms with van der Waals surface area (Å²) in [7, 11) is 0. The molecule has 0 amide bonds. The molecular weight excluding hydrogens is 308 g/mol. The highest BCUT2D eigenvalue weighted by atomic mass is 32.1. The minimum atomic E-state index is 0.546. The molecule has 0 aliphatic rings. The molecule has 0 saturated heterocycles. The first-order valence-corrected chi connectivity index (χ1v) is 8.57. The number of hydrogen-bond acceptors (Lipinski definition) is 7. The van der Waals surface area contributed by atoms with E-state index in [4.69, 9.17) is 5.73 Å². The highest BCUT2D eigenvalue weighted by molar-refractivity contribution is 7.12. The van der Waals surface area contributed by atoms with Gasteiger partial charge in [-0.05, 0) is 37.5 Å². The molecule has 20 heavy (non-hydrogen) atoms. The van der Waals surface area contributed by atoms with Crippen LogP contribution in [0.5, 0.6) is 0 Å². The molecule has 104 valence electrons. The molecule has 0 unspecified atom stereocenters. The SMILES string of the molecule is Cc1ccc(CNc2snc(N)c2-c2csc(C)n2)s1. The predicted molar refractivity (Wildman–Crippen MR) is 88.8 cm³/mol. The summed E-state index contributed by atoms with van der Waals surface area (Å²) in [5.74, 6) is 0.546. The van der Waals surface area contributed by atoms with Gasteiger partial charge in [-0.2, -0.15) is 4.37 Å². The maximum atomic E-state index is 5.98. The van der Waals surface area contributed by atoms with E-state index >= 15 is 0 Å². The maximum Gasteiger partial charge on any atom is 0.148 e. The van der Waals surface area contributed by atoms with Crippen molar-refractivity contribution in [2.45, 2.75) is 20.4 Å². The minimum Gasteiger partial charge on any atom is -0.382 e. The molecule has 3 rings (SSSR count). The van der Waals surface area contributed by atoms with Gasteiger partial charge in [-0.15, -0.1) is 22.7 Å². The van der Waals surface area contributed by atoms with Gasteiger partial charge in [-0.1, -0.05) is 0 Å². The van der Waals surface area contributed by atoms with Crippen molar-refractivity contribution in [1.29, 1.82) is 0 Å². The molecule has 0 aliphatic carbocycles. The van der Waals surface area contributed by atoms with Gasteiger partial charge < -0.3 is 11.1 Å². The quantitative estimate of drug-likeness (QED) is 0.758. The topological polar surface area (TPSA) is 63.8 Å². The molecule has 0 spiro atoms. The molecular formula is C13H14N4S3. The molecule has 3 N–H and O–H groups in total. The lowest BCUT2D eigenvalue weighted by molar-refractivity contribution is 1.21. The van der Waals surface area contributed by atoms with Crippen molar-refractivity contribution in [3.05, 3.63) is 32.3 Å². The second-order valence-corrected chi connectivity index (χ2v) is 7.60. The van der Waals surface area contributed by atoms with Crippen molar-refractivity contribution in [3.63, 3.8) is 0 Å². The Morgan fingerprint density at radius 1 is 1.30 bits per heavy atom. The number of nitrogens with zero attached hydrogens (tertiary/aromatic N) is 2. The van der Waals surface area contributed by atoms with Crippen molar-refractivity contribution >= 4 is 45.0 Å². The Bertz CT molecular complexity index is 726. The Balaban J connectivity index is 1.83. The highest BCUT2D eigenvalue weighted by Gasteiger charge is 2.16. The Morgan fingerprint density at radius 2 is 2.15 bits per heavy atom. The van der Waals surface area contributed by atoms with Gasteiger partial charge in [-0.3, -0.25) is 0 Å². The van der Waals surface area contributed by atoms with Crippen molar-refractivity contribution in [2.24, 2.45) is 0 Å². The van der Waals surface area contributed by atoms with Gasteiger partial charge in [0.1, 0.15) is 10.8 Å². The van der Waals surface area contributed by atoms with Crippen LogP contribution in [0.1, 0.15) is 14.8 Å². The average Bonchev–Trinajstić information content (AvgIpc) is 3.09. The van der Waals surface area contributed by atoms with Crippen LogP contribution in [-0.2, 0) is 6.54 Å². The number of anilines is 2. The molecule has 4 nitrogen and oxygen atoms in total. The smallest absolute Gasteiger partial charge is 0.148 e. The fourth-order valence-electron chi connectivity index (χ4n) is 1.90. The third kappa shape index (κ3) is 2.70. The van der Waals surface area contributed by atoms with Crippen LogP contribution < -0.4 is 11.1 Å². The number of nitrogen functional groups attached to an aromatic ring is 1. The number of aromatic nitrogens is 2. The molecule has 3 aromatic rings. The van der Waals surface area contributed by atoms with E-state index < -0.39 is 0 Å². The molecule has 0 atom stereocenters. The van der Waals surface area contributed by atoms with Crippen LogP contribution >= 0.6 is 34.2 Å². The van der Waals surface area contributed by atoms with Gasteiger partial charge in [0.05, 0.1) is 22.8 Å². The van der Waals surface area contributed by atoms with E-state index in [9.17, 15) is 0 Å². The zero-order chi connectivity index (χ0) is 14.1. The van der Waals surface area contributed by atoms with E-state index in [2.05, 4.69) is 33.7 Å². The van der Waals surface area contributed by atoms with Crippen molar-refractivity contribution in [1.82, 2.24) is 9.36 Å². The lowest BCUT2D eigenvalue weighted by atomic mass is 10.2. The van der Waals surface area contributed by atoms with Crippen LogP contribution in [0.4, 0.5) is 10.8 Å². The standard InChI is InChI=1S/C13H14N4S3/c1-7-3-4-9(19-7)5-15-13-11(12(14)17-20-13)10-6-18-8(2)16-10/h3-4,6,15H,5H2,1-2H3,(H2,14,17). The summed E-state index contributed by atoms with van der Waals surface area (Å²) >= 11 is 4.81. The summed E-state index contributed by atoms with van der Waals surface area (Å²) < 4.78 is 4.24. The Kier molecular flexibility index (Phi) is 3.73. The largest absolute Gasteiger partial charge is 0.382 e. The van der Waals surface area contributed by atoms with Gasteiger partial charge in [0.25, 0.3) is 0 Å². The number of rotatable bonds is 4. The number of thiazole rings is 1. The summed E-state index contributed by atoms with van der Waals surface area (Å²) in [5, 5.41) is 7.46. The Labute approximate surface area is 129 Å². The Morgan fingerprint density at radius 3 is 2.80 bits per heavy atom. The van der Waals surface area contributed by atoms with Crippen LogP contribution in [0.2, 0.25) is 0 Å². The van der Waals surface area contributed by atoms with Crippen molar-refractivity contribution in [2.75, 3.05) is 11.1 Å². The first kappa shape index (κ1) is 13.5. The summed E-state index contributed by atoms with van der Waals surface area (Å²) in [5.41, 5.74) is 7.81. The third-order valence-corrected chi connectivity index (χ3v) is 5.41. The van der Waals surface area contributed by atoms with Gasteiger partial charge in [0, 0.05) is 15.1 Å². The Hall–Kier alpha value is -1.44. The van der Waals surface area contributed by atoms with Crippen LogP contribution in [-0.4, -0.2) is 9.36 Å². The zero-order valence-corrected chi connectivity index (χ0v) is 13.6. The molecule has 3 heterocycles. The molecule has 0 aliphatic heterocycles. The normalized spacial score (nSPS) is 10.9. The number of thiophene rings is 1. The maximum absolute atomic E-state index is 5.98. The van der Waals surface area contributed by atoms with Gasteiger partial charge in [-0.25, -0.2) is 4.98 Å². The molecule has 3 aromatic heterocycles. The first-order chi connectivity index (χ1) is 9.63. The molecule has 0 radical (unpaired) electrons. The molecule has 0 saturated carbocycles. The van der Waals surface area contributed by atoms with Crippen LogP contribution in [0.3, 0.4) is 0 Å². The summed E-state index contributed by atoms with van der Waals surface area (Å²) in [6, 6.07) is 4.28. The number of aryl methyl sites for hydroxylation is 2. The van der Waals surface area contributed by atoms with Crippen LogP contribution in [0.25, 0.3) is 11.3 Å². The number of nitrogens with one attached hydrogen (secondary N) is 1. The zero-order valence-electron chi connectivity index (χ0n) is 11.1. The molecule has 7 heteroatoms. The van der Waals surface area contributed by atoms with Gasteiger partial charge in [0.15, 0.2) is 0 Å². The summed E-state index contributed by atoms with van der Waals surface area (Å²) in [6.07, 6.45) is 0. The molecule has 0 fully saturated rings. The van der Waals surface area contributed by atoms with E-state index in [1.165, 1.54) is 21.3 Å². The van der Waals surface area contributed by atoms with Crippen molar-refractivity contribution < 1.29 is 0 Å². The average molecular weight is 322 g/mol. The first-order valence-electron chi connectivity index (χ1n) is 6.10. The van der Waals surface area contributed by atoms with Crippen LogP contribution in [0.15, 0.2) is 17.5 Å². The molecule has 0 aromatic carbocycles. The minimum absolute atomic E-state index is 0.546. The summed E-state index contributed by atoms with van der Waals surface area (Å²) in [6.45, 7) is 4.89. The fourth-order valence-corrected chi connectivity index (χ4v) is 4.05. The number of nitrogens with two attached hydrogens (primary N) is 1. The van der Waals surface area contributed by atoms with Crippen molar-refractivity contribution in [3.8, 4) is 11.3 Å². The predicted octanol–water partition coefficient (Wildman–Crippen LogP) is 4.14. The van der Waals surface area contributed by atoms with E-state index in [1.54, 1.807) is 22.7 Å². The fraction of sp³-hybridized carbons (Fsp3) is 0.231. The van der Waals surface area contributed by atoms with Crippen LogP contribution in [0, 0.1) is 13.8 Å². The van der Waals surface area contributed by atoms with E-state index in [0.717, 1.165) is 27.8 Å². The molecule has 0 bridgehead atoms. The van der Waals surface area contributed by atoms with E-state index in [1.807, 2.05) is 12.3 Å². The monoisotopic (exact) mass is 322 g/mol. The lowest BCUT2D eigenvalue weighted by Crippen LogP contribution is -1.97. The number of hydrogen-bond donors (Lipinski definition) is 2. The lowest BCUT2D eigenvalue weighted by Gasteiger charge is -2.04.